The fourth-order valence-electron chi connectivity index (χ4n) is 2.22. The van der Waals surface area contributed by atoms with E-state index in [-0.39, 0.29) is 5.65 Å². The Kier molecular flexibility index (Phi) is 2.31. The molecule has 2 aromatic heterocycles. The molecule has 21 heavy (non-hydrogen) atoms. The summed E-state index contributed by atoms with van der Waals surface area (Å²) in [6.45, 7) is 1.28. The van der Waals surface area contributed by atoms with Crippen LogP contribution in [-0.2, 0) is 9.63 Å². The smallest absolute Gasteiger partial charge is 0.318 e. The lowest BCUT2D eigenvalue weighted by Gasteiger charge is -1.98. The van der Waals surface area contributed by atoms with Crippen molar-refractivity contribution in [2.45, 2.75) is 6.92 Å². The van der Waals surface area contributed by atoms with Crippen molar-refractivity contribution in [3.8, 4) is 11.3 Å². The summed E-state index contributed by atoms with van der Waals surface area (Å²) in [5.74, 6) is -0.509. The van der Waals surface area contributed by atoms with E-state index >= 15 is 0 Å². The molecule has 0 fully saturated rings. The van der Waals surface area contributed by atoms with Crippen molar-refractivity contribution in [2.75, 3.05) is 0 Å². The lowest BCUT2D eigenvalue weighted by atomic mass is 10.1. The highest BCUT2D eigenvalue weighted by Gasteiger charge is 2.30. The van der Waals surface area contributed by atoms with Gasteiger partial charge in [0.25, 0.3) is 0 Å². The highest BCUT2D eigenvalue weighted by Crippen LogP contribution is 2.35. The minimum absolute atomic E-state index is 0.275. The van der Waals surface area contributed by atoms with E-state index in [4.69, 9.17) is 4.84 Å². The van der Waals surface area contributed by atoms with E-state index in [1.54, 1.807) is 0 Å². The van der Waals surface area contributed by atoms with Crippen molar-refractivity contribution >= 4 is 23.0 Å². The standard InChI is InChI=1S/C13H7N5O3/c1-6(19)20-16-10-8-5-3-2-4-7(8)9-11(10)15-13-12(14-9)17-21-18-13/h2-5H,1H3/b16-10-. The van der Waals surface area contributed by atoms with E-state index in [1.165, 1.54) is 6.92 Å². The van der Waals surface area contributed by atoms with Crippen LogP contribution in [0.5, 0.6) is 0 Å². The largest absolute Gasteiger partial charge is 0.332 e. The number of aromatic nitrogens is 4. The molecule has 4 rings (SSSR count). The lowest BCUT2D eigenvalue weighted by molar-refractivity contribution is -0.140. The van der Waals surface area contributed by atoms with Crippen molar-refractivity contribution < 1.29 is 14.3 Å². The van der Waals surface area contributed by atoms with Gasteiger partial charge in [0, 0.05) is 18.1 Å². The number of oxime groups is 1. The molecule has 1 aliphatic carbocycles. The minimum atomic E-state index is -0.509. The molecule has 0 saturated heterocycles. The third kappa shape index (κ3) is 1.69. The van der Waals surface area contributed by atoms with E-state index < -0.39 is 5.97 Å². The quantitative estimate of drug-likeness (QED) is 0.382. The van der Waals surface area contributed by atoms with Crippen molar-refractivity contribution in [3.63, 3.8) is 0 Å². The highest BCUT2D eigenvalue weighted by atomic mass is 16.7. The number of carbonyl (C=O) groups is 1. The van der Waals surface area contributed by atoms with Gasteiger partial charge in [-0.05, 0) is 10.3 Å². The van der Waals surface area contributed by atoms with Crippen LogP contribution in [0.15, 0.2) is 34.1 Å². The predicted octanol–water partition coefficient (Wildman–Crippen LogP) is 1.31. The van der Waals surface area contributed by atoms with E-state index in [9.17, 15) is 4.79 Å². The SMILES string of the molecule is CC(=O)O/N=C1/c2ccccc2-c2nc3nonc3nc21. The first-order chi connectivity index (χ1) is 10.2. The molecule has 0 amide bonds. The Balaban J connectivity index is 2.01. The Morgan fingerprint density at radius 1 is 1.10 bits per heavy atom. The van der Waals surface area contributed by atoms with Gasteiger partial charge in [0.1, 0.15) is 17.1 Å². The number of nitrogens with zero attached hydrogens (tertiary/aromatic N) is 5. The first-order valence-electron chi connectivity index (χ1n) is 6.10. The molecule has 8 heteroatoms. The molecule has 0 unspecified atom stereocenters. The van der Waals surface area contributed by atoms with E-state index in [2.05, 4.69) is 30.1 Å². The normalized spacial score (nSPS) is 14.2. The number of hydrogen-bond donors (Lipinski definition) is 0. The molecule has 0 aliphatic heterocycles. The third-order valence-corrected chi connectivity index (χ3v) is 3.04. The number of fused-ring (bicyclic) bond motifs is 4. The number of benzene rings is 1. The summed E-state index contributed by atoms with van der Waals surface area (Å²) < 4.78 is 4.61. The van der Waals surface area contributed by atoms with Gasteiger partial charge in [-0.3, -0.25) is 0 Å². The molecular weight excluding hydrogens is 274 g/mol. The zero-order chi connectivity index (χ0) is 14.4. The monoisotopic (exact) mass is 281 g/mol. The fraction of sp³-hybridized carbons (Fsp3) is 0.0769. The molecule has 0 N–H and O–H groups in total. The maximum atomic E-state index is 11.0. The maximum absolute atomic E-state index is 11.0. The summed E-state index contributed by atoms with van der Waals surface area (Å²) in [6.07, 6.45) is 0. The van der Waals surface area contributed by atoms with E-state index in [1.807, 2.05) is 24.3 Å². The van der Waals surface area contributed by atoms with Gasteiger partial charge >= 0.3 is 5.97 Å². The van der Waals surface area contributed by atoms with Crippen LogP contribution in [0.2, 0.25) is 0 Å². The van der Waals surface area contributed by atoms with Gasteiger partial charge in [-0.2, -0.15) is 0 Å². The summed E-state index contributed by atoms with van der Waals surface area (Å²) in [5, 5.41) is 11.2. The average Bonchev–Trinajstić information content (AvgIpc) is 3.05. The van der Waals surface area contributed by atoms with Crippen molar-refractivity contribution in [2.24, 2.45) is 5.16 Å². The fourth-order valence-corrected chi connectivity index (χ4v) is 2.22. The summed E-state index contributed by atoms with van der Waals surface area (Å²) in [5.41, 5.74) is 3.76. The molecule has 3 aromatic rings. The topological polar surface area (TPSA) is 103 Å². The number of rotatable bonds is 1. The third-order valence-electron chi connectivity index (χ3n) is 3.04. The highest BCUT2D eigenvalue weighted by molar-refractivity contribution is 6.23. The van der Waals surface area contributed by atoms with Gasteiger partial charge in [-0.1, -0.05) is 29.4 Å². The van der Waals surface area contributed by atoms with Crippen LogP contribution in [0.3, 0.4) is 0 Å². The Hall–Kier alpha value is -3.16. The molecule has 0 saturated carbocycles. The van der Waals surface area contributed by atoms with Gasteiger partial charge < -0.3 is 4.84 Å². The summed E-state index contributed by atoms with van der Waals surface area (Å²) in [7, 11) is 0. The first-order valence-corrected chi connectivity index (χ1v) is 6.10. The zero-order valence-corrected chi connectivity index (χ0v) is 10.8. The van der Waals surface area contributed by atoms with E-state index in [0.29, 0.717) is 22.7 Å². The second-order valence-electron chi connectivity index (χ2n) is 4.40. The molecule has 102 valence electrons. The van der Waals surface area contributed by atoms with Gasteiger partial charge in [0.2, 0.25) is 11.3 Å². The van der Waals surface area contributed by atoms with Gasteiger partial charge in [-0.25, -0.2) is 19.4 Å². The van der Waals surface area contributed by atoms with Crippen LogP contribution >= 0.6 is 0 Å². The first kappa shape index (κ1) is 11.6. The van der Waals surface area contributed by atoms with Crippen LogP contribution < -0.4 is 0 Å². The Bertz CT molecular complexity index is 915. The molecule has 0 bridgehead atoms. The molecule has 0 atom stereocenters. The maximum Gasteiger partial charge on any atom is 0.332 e. The van der Waals surface area contributed by atoms with Gasteiger partial charge in [-0.15, -0.1) is 0 Å². The second kappa shape index (κ2) is 4.17. The zero-order valence-electron chi connectivity index (χ0n) is 10.8. The minimum Gasteiger partial charge on any atom is -0.318 e. The summed E-state index contributed by atoms with van der Waals surface area (Å²) in [6, 6.07) is 7.49. The van der Waals surface area contributed by atoms with Gasteiger partial charge in [0.05, 0.1) is 0 Å². The van der Waals surface area contributed by atoms with Crippen molar-refractivity contribution in [1.29, 1.82) is 0 Å². The summed E-state index contributed by atoms with van der Waals surface area (Å²) in [4.78, 5) is 24.5. The second-order valence-corrected chi connectivity index (χ2v) is 4.40. The molecule has 0 spiro atoms. The van der Waals surface area contributed by atoms with Crippen LogP contribution in [0.25, 0.3) is 22.6 Å². The van der Waals surface area contributed by atoms with Crippen molar-refractivity contribution in [3.05, 3.63) is 35.5 Å². The Labute approximate surface area is 117 Å². The predicted molar refractivity (Wildman–Crippen MR) is 70.2 cm³/mol. The lowest BCUT2D eigenvalue weighted by Crippen LogP contribution is -2.04. The van der Waals surface area contributed by atoms with Crippen molar-refractivity contribution in [1.82, 2.24) is 20.3 Å². The molecule has 1 aliphatic rings. The Morgan fingerprint density at radius 3 is 2.48 bits per heavy atom. The Morgan fingerprint density at radius 2 is 1.76 bits per heavy atom. The molecular formula is C13H7N5O3. The van der Waals surface area contributed by atoms with E-state index in [0.717, 1.165) is 11.1 Å². The average molecular weight is 281 g/mol. The number of hydrogen-bond acceptors (Lipinski definition) is 8. The van der Waals surface area contributed by atoms with Crippen LogP contribution in [0, 0.1) is 0 Å². The molecule has 1 aromatic carbocycles. The van der Waals surface area contributed by atoms with Crippen LogP contribution in [0.1, 0.15) is 18.2 Å². The van der Waals surface area contributed by atoms with Crippen LogP contribution in [-0.4, -0.2) is 32.0 Å². The molecule has 2 heterocycles. The molecule has 8 nitrogen and oxygen atoms in total. The van der Waals surface area contributed by atoms with Crippen LogP contribution in [0.4, 0.5) is 0 Å². The summed E-state index contributed by atoms with van der Waals surface area (Å²) >= 11 is 0. The van der Waals surface area contributed by atoms with Gasteiger partial charge in [0.15, 0.2) is 0 Å². The number of carbonyl (C=O) groups excluding carboxylic acids is 1. The molecule has 0 radical (unpaired) electrons.